The van der Waals surface area contributed by atoms with Crippen LogP contribution >= 0.6 is 0 Å². The first kappa shape index (κ1) is 14.1. The Labute approximate surface area is 113 Å². The van der Waals surface area contributed by atoms with E-state index in [1.165, 1.54) is 57.8 Å². The van der Waals surface area contributed by atoms with Gasteiger partial charge in [0.05, 0.1) is 0 Å². The Morgan fingerprint density at radius 1 is 0.833 bits per heavy atom. The van der Waals surface area contributed by atoms with Crippen molar-refractivity contribution in [1.82, 2.24) is 0 Å². The maximum atomic E-state index is 10.4. The van der Waals surface area contributed by atoms with Crippen LogP contribution in [0.3, 0.4) is 0 Å². The molecule has 0 heterocycles. The summed E-state index contributed by atoms with van der Waals surface area (Å²) in [6.45, 7) is 2.35. The fraction of sp³-hybridized carbons (Fsp3) is 0.941. The molecule has 0 aromatic heterocycles. The van der Waals surface area contributed by atoms with Gasteiger partial charge in [-0.3, -0.25) is 0 Å². The fourth-order valence-corrected chi connectivity index (χ4v) is 4.32. The molecule has 1 heteroatoms. The Morgan fingerprint density at radius 2 is 1.33 bits per heavy atom. The minimum atomic E-state index is 0.789. The lowest BCUT2D eigenvalue weighted by molar-refractivity contribution is -0.108. The van der Waals surface area contributed by atoms with Gasteiger partial charge in [0, 0.05) is 6.42 Å². The summed E-state index contributed by atoms with van der Waals surface area (Å²) in [4.78, 5) is 10.4. The first-order valence-electron chi connectivity index (χ1n) is 8.27. The average Bonchev–Trinajstić information content (AvgIpc) is 2.46. The summed E-state index contributed by atoms with van der Waals surface area (Å²) in [6.07, 6.45) is 16.1. The molecule has 104 valence electrons. The monoisotopic (exact) mass is 250 g/mol. The van der Waals surface area contributed by atoms with E-state index in [0.29, 0.717) is 0 Å². The number of hydrogen-bond donors (Lipinski definition) is 0. The van der Waals surface area contributed by atoms with Crippen molar-refractivity contribution in [2.24, 2.45) is 23.7 Å². The molecule has 0 atom stereocenters. The Hall–Kier alpha value is -0.330. The van der Waals surface area contributed by atoms with Crippen molar-refractivity contribution in [3.63, 3.8) is 0 Å². The Morgan fingerprint density at radius 3 is 1.78 bits per heavy atom. The van der Waals surface area contributed by atoms with E-state index in [0.717, 1.165) is 42.8 Å². The number of rotatable bonds is 5. The zero-order valence-electron chi connectivity index (χ0n) is 12.1. The van der Waals surface area contributed by atoms with E-state index in [2.05, 4.69) is 6.92 Å². The quantitative estimate of drug-likeness (QED) is 0.628. The highest BCUT2D eigenvalue weighted by Crippen LogP contribution is 2.42. The highest BCUT2D eigenvalue weighted by atomic mass is 16.1. The first-order chi connectivity index (χ1) is 8.83. The van der Waals surface area contributed by atoms with Crippen LogP contribution in [0.25, 0.3) is 0 Å². The molecule has 0 amide bonds. The molecule has 1 nitrogen and oxygen atoms in total. The van der Waals surface area contributed by atoms with Gasteiger partial charge in [-0.15, -0.1) is 0 Å². The van der Waals surface area contributed by atoms with Crippen molar-refractivity contribution in [3.8, 4) is 0 Å². The van der Waals surface area contributed by atoms with E-state index in [1.807, 2.05) is 0 Å². The molecule has 0 radical (unpaired) electrons. The van der Waals surface area contributed by atoms with Crippen LogP contribution < -0.4 is 0 Å². The molecule has 2 aliphatic carbocycles. The number of aldehydes is 1. The molecule has 2 fully saturated rings. The van der Waals surface area contributed by atoms with Crippen molar-refractivity contribution in [2.75, 3.05) is 0 Å². The molecule has 0 N–H and O–H groups in total. The van der Waals surface area contributed by atoms with Crippen LogP contribution in [0, 0.1) is 23.7 Å². The third-order valence-corrected chi connectivity index (χ3v) is 5.72. The molecule has 18 heavy (non-hydrogen) atoms. The van der Waals surface area contributed by atoms with E-state index in [1.54, 1.807) is 0 Å². The molecule has 2 aliphatic rings. The van der Waals surface area contributed by atoms with Gasteiger partial charge in [0.25, 0.3) is 0 Å². The minimum absolute atomic E-state index is 0.789. The normalized spacial score (nSPS) is 37.4. The van der Waals surface area contributed by atoms with Crippen LogP contribution in [-0.2, 0) is 4.79 Å². The first-order valence-corrected chi connectivity index (χ1v) is 8.27. The van der Waals surface area contributed by atoms with E-state index >= 15 is 0 Å². The van der Waals surface area contributed by atoms with Crippen molar-refractivity contribution in [2.45, 2.75) is 77.6 Å². The van der Waals surface area contributed by atoms with Gasteiger partial charge >= 0.3 is 0 Å². The Kier molecular flexibility index (Phi) is 5.72. The van der Waals surface area contributed by atoms with Crippen molar-refractivity contribution in [3.05, 3.63) is 0 Å². The summed E-state index contributed by atoms with van der Waals surface area (Å²) in [7, 11) is 0. The number of carbonyl (C=O) groups excluding carboxylic acids is 1. The second kappa shape index (κ2) is 7.31. The second-order valence-electron chi connectivity index (χ2n) is 6.71. The van der Waals surface area contributed by atoms with Crippen molar-refractivity contribution >= 4 is 6.29 Å². The maximum absolute atomic E-state index is 10.4. The molecule has 2 rings (SSSR count). The van der Waals surface area contributed by atoms with E-state index in [-0.39, 0.29) is 0 Å². The zero-order valence-corrected chi connectivity index (χ0v) is 12.1. The maximum Gasteiger partial charge on any atom is 0.120 e. The van der Waals surface area contributed by atoms with Crippen LogP contribution in [-0.4, -0.2) is 6.29 Å². The predicted octanol–water partition coefficient (Wildman–Crippen LogP) is 4.99. The summed E-state index contributed by atoms with van der Waals surface area (Å²) < 4.78 is 0. The van der Waals surface area contributed by atoms with E-state index < -0.39 is 0 Å². The molecule has 0 bridgehead atoms. The topological polar surface area (TPSA) is 17.1 Å². The highest BCUT2D eigenvalue weighted by molar-refractivity contribution is 5.49. The van der Waals surface area contributed by atoms with Gasteiger partial charge in [-0.05, 0) is 55.8 Å². The molecule has 0 unspecified atom stereocenters. The predicted molar refractivity (Wildman–Crippen MR) is 76.5 cm³/mol. The molecule has 0 saturated heterocycles. The molecule has 0 aliphatic heterocycles. The van der Waals surface area contributed by atoms with Gasteiger partial charge in [-0.25, -0.2) is 0 Å². The smallest absolute Gasteiger partial charge is 0.120 e. The van der Waals surface area contributed by atoms with Crippen LogP contribution in [0.5, 0.6) is 0 Å². The SMILES string of the molecule is CC[C@H]1CC[C@H]([C@H]2CC[C@H](CCC=O)CC2)CC1. The lowest BCUT2D eigenvalue weighted by Crippen LogP contribution is -2.25. The van der Waals surface area contributed by atoms with Crippen LogP contribution in [0.1, 0.15) is 77.6 Å². The van der Waals surface area contributed by atoms with Crippen molar-refractivity contribution in [1.29, 1.82) is 0 Å². The lowest BCUT2D eigenvalue weighted by atomic mass is 9.68. The molecular weight excluding hydrogens is 220 g/mol. The summed E-state index contributed by atoms with van der Waals surface area (Å²) in [6, 6.07) is 0. The number of carbonyl (C=O) groups is 1. The molecule has 0 aromatic rings. The largest absolute Gasteiger partial charge is 0.303 e. The van der Waals surface area contributed by atoms with Gasteiger partial charge in [0.15, 0.2) is 0 Å². The number of hydrogen-bond acceptors (Lipinski definition) is 1. The Bertz CT molecular complexity index is 232. The van der Waals surface area contributed by atoms with Crippen LogP contribution in [0.4, 0.5) is 0 Å². The molecular formula is C17H30O. The summed E-state index contributed by atoms with van der Waals surface area (Å²) >= 11 is 0. The van der Waals surface area contributed by atoms with Crippen molar-refractivity contribution < 1.29 is 4.79 Å². The Balaban J connectivity index is 1.68. The lowest BCUT2D eigenvalue weighted by Gasteiger charge is -2.37. The highest BCUT2D eigenvalue weighted by Gasteiger charge is 2.30. The molecule has 0 aromatic carbocycles. The average molecular weight is 250 g/mol. The van der Waals surface area contributed by atoms with E-state index in [9.17, 15) is 4.79 Å². The molecule has 0 spiro atoms. The minimum Gasteiger partial charge on any atom is -0.303 e. The molecule has 2 saturated carbocycles. The standard InChI is InChI=1S/C17H30O/c1-2-14-5-9-16(10-6-14)17-11-7-15(8-12-17)4-3-13-18/h13-17H,2-12H2,1H3/t14-,15-,16-,17-. The fourth-order valence-electron chi connectivity index (χ4n) is 4.32. The van der Waals surface area contributed by atoms with Gasteiger partial charge in [-0.1, -0.05) is 39.0 Å². The third-order valence-electron chi connectivity index (χ3n) is 5.72. The third kappa shape index (κ3) is 3.83. The summed E-state index contributed by atoms with van der Waals surface area (Å²) in [5, 5.41) is 0. The van der Waals surface area contributed by atoms with Gasteiger partial charge in [0.2, 0.25) is 0 Å². The van der Waals surface area contributed by atoms with Crippen LogP contribution in [0.2, 0.25) is 0 Å². The summed E-state index contributed by atoms with van der Waals surface area (Å²) in [5.41, 5.74) is 0. The zero-order chi connectivity index (χ0) is 12.8. The summed E-state index contributed by atoms with van der Waals surface area (Å²) in [5.74, 6) is 3.96. The van der Waals surface area contributed by atoms with E-state index in [4.69, 9.17) is 0 Å². The second-order valence-corrected chi connectivity index (χ2v) is 6.71. The van der Waals surface area contributed by atoms with Crippen LogP contribution in [0.15, 0.2) is 0 Å². The van der Waals surface area contributed by atoms with Gasteiger partial charge < -0.3 is 4.79 Å². The van der Waals surface area contributed by atoms with Gasteiger partial charge in [-0.2, -0.15) is 0 Å². The van der Waals surface area contributed by atoms with Gasteiger partial charge in [0.1, 0.15) is 6.29 Å².